The van der Waals surface area contributed by atoms with E-state index in [-0.39, 0.29) is 6.09 Å². The van der Waals surface area contributed by atoms with Gasteiger partial charge in [-0.25, -0.2) is 4.79 Å². The summed E-state index contributed by atoms with van der Waals surface area (Å²) in [6.45, 7) is 4.25. The van der Waals surface area contributed by atoms with E-state index in [4.69, 9.17) is 10.5 Å². The standard InChI is InChI=1S/C17H26N2O2/c1-2-3-4-13-21-17(20)19-11-9-15(10-12-19)14-5-7-16(18)8-6-14/h5-8,15H,2-4,9-13,18H2,1H3. The number of anilines is 1. The Balaban J connectivity index is 1.75. The number of unbranched alkanes of at least 4 members (excludes halogenated alkanes) is 2. The van der Waals surface area contributed by atoms with Crippen LogP contribution in [0, 0.1) is 0 Å². The maximum atomic E-state index is 11.9. The number of carbonyl (C=O) groups excluding carboxylic acids is 1. The second-order valence-electron chi connectivity index (χ2n) is 5.75. The molecule has 0 atom stereocenters. The van der Waals surface area contributed by atoms with Gasteiger partial charge in [-0.2, -0.15) is 0 Å². The van der Waals surface area contributed by atoms with Gasteiger partial charge in [-0.3, -0.25) is 0 Å². The quantitative estimate of drug-likeness (QED) is 0.663. The molecule has 1 aromatic carbocycles. The molecule has 1 heterocycles. The number of nitrogens with two attached hydrogens (primary N) is 1. The van der Waals surface area contributed by atoms with E-state index in [1.807, 2.05) is 17.0 Å². The SMILES string of the molecule is CCCCCOC(=O)N1CCC(c2ccc(N)cc2)CC1. The van der Waals surface area contributed by atoms with E-state index in [2.05, 4.69) is 19.1 Å². The van der Waals surface area contributed by atoms with Crippen molar-refractivity contribution in [2.24, 2.45) is 0 Å². The molecular weight excluding hydrogens is 264 g/mol. The summed E-state index contributed by atoms with van der Waals surface area (Å²) in [7, 11) is 0. The fourth-order valence-corrected chi connectivity index (χ4v) is 2.77. The van der Waals surface area contributed by atoms with Gasteiger partial charge >= 0.3 is 6.09 Å². The van der Waals surface area contributed by atoms with Gasteiger partial charge in [0.2, 0.25) is 0 Å². The third-order valence-corrected chi connectivity index (χ3v) is 4.13. The molecule has 1 aliphatic rings. The summed E-state index contributed by atoms with van der Waals surface area (Å²) in [5.74, 6) is 0.523. The lowest BCUT2D eigenvalue weighted by molar-refractivity contribution is 0.0912. The third-order valence-electron chi connectivity index (χ3n) is 4.13. The lowest BCUT2D eigenvalue weighted by Gasteiger charge is -2.31. The van der Waals surface area contributed by atoms with Gasteiger partial charge in [0.05, 0.1) is 6.61 Å². The monoisotopic (exact) mass is 290 g/mol. The van der Waals surface area contributed by atoms with Crippen LogP contribution in [0.25, 0.3) is 0 Å². The smallest absolute Gasteiger partial charge is 0.409 e. The lowest BCUT2D eigenvalue weighted by atomic mass is 9.89. The van der Waals surface area contributed by atoms with Gasteiger partial charge in [0.15, 0.2) is 0 Å². The Morgan fingerprint density at radius 2 is 1.90 bits per heavy atom. The highest BCUT2D eigenvalue weighted by atomic mass is 16.6. The lowest BCUT2D eigenvalue weighted by Crippen LogP contribution is -2.38. The van der Waals surface area contributed by atoms with E-state index in [1.54, 1.807) is 0 Å². The Kier molecular flexibility index (Phi) is 5.90. The Labute approximate surface area is 127 Å². The summed E-state index contributed by atoms with van der Waals surface area (Å²) in [5.41, 5.74) is 7.83. The molecule has 1 aliphatic heterocycles. The molecule has 0 aliphatic carbocycles. The number of hydrogen-bond acceptors (Lipinski definition) is 3. The zero-order chi connectivity index (χ0) is 15.1. The van der Waals surface area contributed by atoms with Crippen LogP contribution < -0.4 is 5.73 Å². The van der Waals surface area contributed by atoms with E-state index in [0.29, 0.717) is 12.5 Å². The van der Waals surface area contributed by atoms with Gasteiger partial charge in [0, 0.05) is 18.8 Å². The maximum absolute atomic E-state index is 11.9. The van der Waals surface area contributed by atoms with Crippen LogP contribution in [-0.4, -0.2) is 30.7 Å². The number of carbonyl (C=O) groups is 1. The van der Waals surface area contributed by atoms with Crippen LogP contribution in [-0.2, 0) is 4.74 Å². The minimum absolute atomic E-state index is 0.151. The molecule has 0 radical (unpaired) electrons. The number of amides is 1. The minimum Gasteiger partial charge on any atom is -0.449 e. The van der Waals surface area contributed by atoms with Crippen molar-refractivity contribution in [3.05, 3.63) is 29.8 Å². The molecule has 1 aromatic rings. The van der Waals surface area contributed by atoms with Gasteiger partial charge in [-0.05, 0) is 42.9 Å². The van der Waals surface area contributed by atoms with Crippen molar-refractivity contribution in [1.82, 2.24) is 4.90 Å². The zero-order valence-corrected chi connectivity index (χ0v) is 12.9. The van der Waals surface area contributed by atoms with Crippen LogP contribution in [0.15, 0.2) is 24.3 Å². The van der Waals surface area contributed by atoms with E-state index >= 15 is 0 Å². The zero-order valence-electron chi connectivity index (χ0n) is 12.9. The van der Waals surface area contributed by atoms with Crippen molar-refractivity contribution in [1.29, 1.82) is 0 Å². The Morgan fingerprint density at radius 1 is 1.24 bits per heavy atom. The number of rotatable bonds is 5. The van der Waals surface area contributed by atoms with E-state index in [1.165, 1.54) is 5.56 Å². The van der Waals surface area contributed by atoms with Crippen molar-refractivity contribution in [2.45, 2.75) is 44.9 Å². The summed E-state index contributed by atoms with van der Waals surface area (Å²) in [5, 5.41) is 0. The van der Waals surface area contributed by atoms with Gasteiger partial charge in [0.25, 0.3) is 0 Å². The molecule has 0 bridgehead atoms. The summed E-state index contributed by atoms with van der Waals surface area (Å²) in [6.07, 6.45) is 5.06. The first-order chi connectivity index (χ1) is 10.2. The highest BCUT2D eigenvalue weighted by Gasteiger charge is 2.24. The number of piperidine rings is 1. The van der Waals surface area contributed by atoms with Crippen LogP contribution >= 0.6 is 0 Å². The Bertz CT molecular complexity index is 437. The molecular formula is C17H26N2O2. The summed E-state index contributed by atoms with van der Waals surface area (Å²) < 4.78 is 5.31. The maximum Gasteiger partial charge on any atom is 0.409 e. The molecule has 0 spiro atoms. The van der Waals surface area contributed by atoms with Crippen molar-refractivity contribution in [3.63, 3.8) is 0 Å². The summed E-state index contributed by atoms with van der Waals surface area (Å²) in [4.78, 5) is 13.8. The molecule has 1 fully saturated rings. The number of nitrogens with zero attached hydrogens (tertiary/aromatic N) is 1. The van der Waals surface area contributed by atoms with Crippen LogP contribution in [0.1, 0.15) is 50.5 Å². The second-order valence-corrected chi connectivity index (χ2v) is 5.75. The summed E-state index contributed by atoms with van der Waals surface area (Å²) in [6, 6.07) is 8.09. The van der Waals surface area contributed by atoms with Crippen LogP contribution in [0.4, 0.5) is 10.5 Å². The fourth-order valence-electron chi connectivity index (χ4n) is 2.77. The molecule has 0 saturated carbocycles. The average Bonchev–Trinajstić information content (AvgIpc) is 2.52. The van der Waals surface area contributed by atoms with Crippen LogP contribution in [0.2, 0.25) is 0 Å². The van der Waals surface area contributed by atoms with Gasteiger partial charge < -0.3 is 15.4 Å². The summed E-state index contributed by atoms with van der Waals surface area (Å²) >= 11 is 0. The van der Waals surface area contributed by atoms with Gasteiger partial charge in [0.1, 0.15) is 0 Å². The molecule has 1 amide bonds. The first-order valence-corrected chi connectivity index (χ1v) is 7.98. The predicted molar refractivity (Wildman–Crippen MR) is 85.3 cm³/mol. The molecule has 21 heavy (non-hydrogen) atoms. The molecule has 4 heteroatoms. The number of hydrogen-bond donors (Lipinski definition) is 1. The Hall–Kier alpha value is -1.71. The first-order valence-electron chi connectivity index (χ1n) is 7.98. The van der Waals surface area contributed by atoms with Crippen molar-refractivity contribution >= 4 is 11.8 Å². The third kappa shape index (κ3) is 4.66. The number of nitrogen functional groups attached to an aromatic ring is 1. The minimum atomic E-state index is -0.151. The van der Waals surface area contributed by atoms with Crippen LogP contribution in [0.5, 0.6) is 0 Å². The first kappa shape index (κ1) is 15.7. The van der Waals surface area contributed by atoms with E-state index in [0.717, 1.165) is 50.9 Å². The highest BCUT2D eigenvalue weighted by Crippen LogP contribution is 2.28. The fraction of sp³-hybridized carbons (Fsp3) is 0.588. The number of ether oxygens (including phenoxy) is 1. The topological polar surface area (TPSA) is 55.6 Å². The normalized spacial score (nSPS) is 16.0. The van der Waals surface area contributed by atoms with E-state index in [9.17, 15) is 4.79 Å². The number of benzene rings is 1. The Morgan fingerprint density at radius 3 is 2.52 bits per heavy atom. The largest absolute Gasteiger partial charge is 0.449 e. The van der Waals surface area contributed by atoms with Crippen LogP contribution in [0.3, 0.4) is 0 Å². The van der Waals surface area contributed by atoms with Crippen molar-refractivity contribution < 1.29 is 9.53 Å². The van der Waals surface area contributed by atoms with Gasteiger partial charge in [-0.1, -0.05) is 31.9 Å². The number of likely N-dealkylation sites (tertiary alicyclic amines) is 1. The molecule has 0 unspecified atom stereocenters. The predicted octanol–water partition coefficient (Wildman–Crippen LogP) is 3.78. The van der Waals surface area contributed by atoms with E-state index < -0.39 is 0 Å². The molecule has 2 N–H and O–H groups in total. The van der Waals surface area contributed by atoms with Gasteiger partial charge in [-0.15, -0.1) is 0 Å². The molecule has 1 saturated heterocycles. The highest BCUT2D eigenvalue weighted by molar-refractivity contribution is 5.67. The second kappa shape index (κ2) is 7.91. The molecule has 4 nitrogen and oxygen atoms in total. The van der Waals surface area contributed by atoms with Crippen molar-refractivity contribution in [2.75, 3.05) is 25.4 Å². The molecule has 116 valence electrons. The average molecular weight is 290 g/mol. The van der Waals surface area contributed by atoms with Crippen molar-refractivity contribution in [3.8, 4) is 0 Å². The molecule has 2 rings (SSSR count). The molecule has 0 aromatic heterocycles.